The van der Waals surface area contributed by atoms with Gasteiger partial charge in [-0.2, -0.15) is 4.31 Å². The maximum Gasteiger partial charge on any atom is 0.335 e. The van der Waals surface area contributed by atoms with Crippen molar-refractivity contribution < 1.29 is 33.1 Å². The van der Waals surface area contributed by atoms with E-state index in [2.05, 4.69) is 0 Å². The molecular weight excluding hydrogens is 376 g/mol. The minimum absolute atomic E-state index is 0.0522. The molecule has 144 valence electrons. The fraction of sp³-hybridized carbons (Fsp3) is 0.176. The summed E-state index contributed by atoms with van der Waals surface area (Å²) in [7, 11) is -2.62. The van der Waals surface area contributed by atoms with Crippen molar-refractivity contribution >= 4 is 21.9 Å². The molecule has 0 radical (unpaired) electrons. The van der Waals surface area contributed by atoms with Crippen molar-refractivity contribution in [1.82, 2.24) is 9.79 Å². The molecule has 0 aliphatic rings. The molecular formula is C17H18N2O7S. The summed E-state index contributed by atoms with van der Waals surface area (Å²) in [5.74, 6) is -1.55. The van der Waals surface area contributed by atoms with Crippen LogP contribution in [0.2, 0.25) is 0 Å². The first-order valence-corrected chi connectivity index (χ1v) is 9.11. The van der Waals surface area contributed by atoms with Crippen molar-refractivity contribution in [3.63, 3.8) is 0 Å². The van der Waals surface area contributed by atoms with E-state index in [0.717, 1.165) is 4.31 Å². The summed E-state index contributed by atoms with van der Waals surface area (Å²) in [6, 6.07) is 11.2. The molecule has 0 unspecified atom stereocenters. The molecule has 27 heavy (non-hydrogen) atoms. The lowest BCUT2D eigenvalue weighted by Crippen LogP contribution is -2.39. The molecule has 0 saturated heterocycles. The number of hydrogen-bond acceptors (Lipinski definition) is 6. The Hall–Kier alpha value is -2.95. The molecule has 0 atom stereocenters. The van der Waals surface area contributed by atoms with Crippen LogP contribution in [-0.4, -0.2) is 48.6 Å². The number of carboxylic acids is 1. The van der Waals surface area contributed by atoms with Crippen LogP contribution < -0.4 is 10.2 Å². The number of carboxylic acid groups (broad SMARTS) is 1. The first-order valence-electron chi connectivity index (χ1n) is 7.67. The van der Waals surface area contributed by atoms with Crippen LogP contribution >= 0.6 is 0 Å². The van der Waals surface area contributed by atoms with Gasteiger partial charge in [0.15, 0.2) is 0 Å². The Morgan fingerprint density at radius 2 is 1.67 bits per heavy atom. The maximum atomic E-state index is 12.9. The SMILES string of the molecule is COc1ccc(S(=O)(=O)N(CC(=O)NO)Cc2ccc(C(=O)O)cc2)cc1. The molecule has 0 aliphatic heterocycles. The van der Waals surface area contributed by atoms with E-state index in [1.54, 1.807) is 0 Å². The molecule has 0 aromatic heterocycles. The largest absolute Gasteiger partial charge is 0.497 e. The van der Waals surface area contributed by atoms with E-state index >= 15 is 0 Å². The molecule has 0 saturated carbocycles. The summed E-state index contributed by atoms with van der Waals surface area (Å²) in [5.41, 5.74) is 1.93. The number of nitrogens with one attached hydrogen (secondary N) is 1. The molecule has 2 aromatic rings. The molecule has 0 fully saturated rings. The van der Waals surface area contributed by atoms with Gasteiger partial charge in [-0.25, -0.2) is 18.7 Å². The number of sulfonamides is 1. The summed E-state index contributed by atoms with van der Waals surface area (Å²) in [6.45, 7) is -0.812. The Labute approximate surface area is 155 Å². The zero-order valence-corrected chi connectivity index (χ0v) is 15.1. The van der Waals surface area contributed by atoms with Gasteiger partial charge in [0.05, 0.1) is 24.1 Å². The maximum absolute atomic E-state index is 12.9. The van der Waals surface area contributed by atoms with Crippen molar-refractivity contribution in [3.05, 3.63) is 59.7 Å². The van der Waals surface area contributed by atoms with Gasteiger partial charge in [0.2, 0.25) is 10.0 Å². The third kappa shape index (κ3) is 5.03. The molecule has 0 aliphatic carbocycles. The van der Waals surface area contributed by atoms with E-state index in [1.807, 2.05) is 0 Å². The van der Waals surface area contributed by atoms with Gasteiger partial charge in [-0.15, -0.1) is 0 Å². The van der Waals surface area contributed by atoms with E-state index in [-0.39, 0.29) is 17.0 Å². The lowest BCUT2D eigenvalue weighted by molar-refractivity contribution is -0.129. The van der Waals surface area contributed by atoms with Crippen LogP contribution in [0.3, 0.4) is 0 Å². The molecule has 1 amide bonds. The first-order chi connectivity index (χ1) is 12.8. The Morgan fingerprint density at radius 1 is 1.07 bits per heavy atom. The third-order valence-corrected chi connectivity index (χ3v) is 5.51. The quantitative estimate of drug-likeness (QED) is 0.451. The summed E-state index contributed by atoms with van der Waals surface area (Å²) in [6.07, 6.45) is 0. The molecule has 0 bridgehead atoms. The number of amides is 1. The molecule has 0 spiro atoms. The highest BCUT2D eigenvalue weighted by molar-refractivity contribution is 7.89. The van der Waals surface area contributed by atoms with Crippen molar-refractivity contribution in [2.75, 3.05) is 13.7 Å². The number of aromatic carboxylic acids is 1. The summed E-state index contributed by atoms with van der Waals surface area (Å²) < 4.78 is 31.7. The Kier molecular flexibility index (Phi) is 6.50. The number of carbonyl (C=O) groups excluding carboxylic acids is 1. The zero-order chi connectivity index (χ0) is 20.0. The van der Waals surface area contributed by atoms with Gasteiger partial charge in [-0.05, 0) is 42.0 Å². The lowest BCUT2D eigenvalue weighted by Gasteiger charge is -2.21. The normalized spacial score (nSPS) is 11.2. The van der Waals surface area contributed by atoms with E-state index in [0.29, 0.717) is 11.3 Å². The molecule has 3 N–H and O–H groups in total. The van der Waals surface area contributed by atoms with Crippen molar-refractivity contribution in [3.8, 4) is 5.75 Å². The highest BCUT2D eigenvalue weighted by Gasteiger charge is 2.27. The average molecular weight is 394 g/mol. The van der Waals surface area contributed by atoms with Crippen molar-refractivity contribution in [1.29, 1.82) is 0 Å². The number of nitrogens with zero attached hydrogens (tertiary/aromatic N) is 1. The van der Waals surface area contributed by atoms with Crippen LogP contribution in [0.5, 0.6) is 5.75 Å². The Morgan fingerprint density at radius 3 is 2.15 bits per heavy atom. The molecule has 0 heterocycles. The van der Waals surface area contributed by atoms with Crippen LogP contribution in [0.4, 0.5) is 0 Å². The second-order valence-corrected chi connectivity index (χ2v) is 7.42. The molecule has 2 aromatic carbocycles. The number of benzene rings is 2. The van der Waals surface area contributed by atoms with Gasteiger partial charge in [-0.1, -0.05) is 12.1 Å². The predicted octanol–water partition coefficient (Wildman–Crippen LogP) is 1.09. The smallest absolute Gasteiger partial charge is 0.335 e. The fourth-order valence-electron chi connectivity index (χ4n) is 2.27. The number of ether oxygens (including phenoxy) is 1. The fourth-order valence-corrected chi connectivity index (χ4v) is 3.66. The number of carbonyl (C=O) groups is 2. The lowest BCUT2D eigenvalue weighted by atomic mass is 10.1. The van der Waals surface area contributed by atoms with Gasteiger partial charge >= 0.3 is 5.97 Å². The zero-order valence-electron chi connectivity index (χ0n) is 14.3. The van der Waals surface area contributed by atoms with Crippen LogP contribution in [0.1, 0.15) is 15.9 Å². The highest BCUT2D eigenvalue weighted by atomic mass is 32.2. The van der Waals surface area contributed by atoms with E-state index in [4.69, 9.17) is 15.1 Å². The van der Waals surface area contributed by atoms with Gasteiger partial charge in [0, 0.05) is 6.54 Å². The van der Waals surface area contributed by atoms with Gasteiger partial charge < -0.3 is 9.84 Å². The number of methoxy groups -OCH3 is 1. The van der Waals surface area contributed by atoms with Crippen LogP contribution in [0, 0.1) is 0 Å². The third-order valence-electron chi connectivity index (χ3n) is 3.70. The first kappa shape index (κ1) is 20.4. The summed E-state index contributed by atoms with van der Waals surface area (Å²) in [5, 5.41) is 17.7. The van der Waals surface area contributed by atoms with E-state index in [1.165, 1.54) is 61.1 Å². The minimum atomic E-state index is -4.07. The van der Waals surface area contributed by atoms with Crippen molar-refractivity contribution in [2.24, 2.45) is 0 Å². The standard InChI is InChI=1S/C17H18N2O7S/c1-26-14-6-8-15(9-7-14)27(24,25)19(11-16(20)18-23)10-12-2-4-13(5-3-12)17(21)22/h2-9,23H,10-11H2,1H3,(H,18,20)(H,21,22). The Bertz CT molecular complexity index is 909. The number of hydrogen-bond donors (Lipinski definition) is 3. The second kappa shape index (κ2) is 8.62. The summed E-state index contributed by atoms with van der Waals surface area (Å²) in [4.78, 5) is 22.4. The molecule has 10 heteroatoms. The van der Waals surface area contributed by atoms with E-state index in [9.17, 15) is 18.0 Å². The molecule has 2 rings (SSSR count). The van der Waals surface area contributed by atoms with Crippen LogP contribution in [0.25, 0.3) is 0 Å². The van der Waals surface area contributed by atoms with Crippen LogP contribution in [0.15, 0.2) is 53.4 Å². The van der Waals surface area contributed by atoms with Gasteiger partial charge in [0.25, 0.3) is 5.91 Å². The topological polar surface area (TPSA) is 133 Å². The average Bonchev–Trinajstić information content (AvgIpc) is 2.67. The number of rotatable bonds is 8. The summed E-state index contributed by atoms with van der Waals surface area (Å²) >= 11 is 0. The highest BCUT2D eigenvalue weighted by Crippen LogP contribution is 2.21. The van der Waals surface area contributed by atoms with Crippen LogP contribution in [-0.2, 0) is 21.4 Å². The number of hydroxylamine groups is 1. The van der Waals surface area contributed by atoms with Gasteiger partial charge in [-0.3, -0.25) is 10.0 Å². The monoisotopic (exact) mass is 394 g/mol. The van der Waals surface area contributed by atoms with Crippen molar-refractivity contribution in [2.45, 2.75) is 11.4 Å². The Balaban J connectivity index is 2.34. The minimum Gasteiger partial charge on any atom is -0.497 e. The van der Waals surface area contributed by atoms with Gasteiger partial charge in [0.1, 0.15) is 5.75 Å². The molecule has 9 nitrogen and oxygen atoms in total. The second-order valence-electron chi connectivity index (χ2n) is 5.49. The predicted molar refractivity (Wildman–Crippen MR) is 93.9 cm³/mol. The van der Waals surface area contributed by atoms with E-state index < -0.39 is 28.4 Å².